The Morgan fingerprint density at radius 1 is 1.10 bits per heavy atom. The second-order valence-corrected chi connectivity index (χ2v) is 6.61. The zero-order valence-electron chi connectivity index (χ0n) is 12.1. The number of nitrogens with one attached hydrogen (secondary N) is 1. The summed E-state index contributed by atoms with van der Waals surface area (Å²) in [7, 11) is 0. The Balaban J connectivity index is 1.58. The third kappa shape index (κ3) is 3.65. The Bertz CT molecular complexity index is 538. The first kappa shape index (κ1) is 14.6. The molecule has 3 rings (SSSR count). The summed E-state index contributed by atoms with van der Waals surface area (Å²) in [6.07, 6.45) is 8.78. The molecule has 0 bridgehead atoms. The van der Waals surface area contributed by atoms with Gasteiger partial charge in [0.2, 0.25) is 0 Å². The molecule has 0 heterocycles. The van der Waals surface area contributed by atoms with E-state index in [0.29, 0.717) is 10.6 Å². The molecule has 0 aromatic heterocycles. The van der Waals surface area contributed by atoms with Crippen LogP contribution >= 0.6 is 11.6 Å². The summed E-state index contributed by atoms with van der Waals surface area (Å²) in [6.45, 7) is 0. The minimum Gasteiger partial charge on any atom is -0.267 e. The van der Waals surface area contributed by atoms with E-state index >= 15 is 0 Å². The predicted molar refractivity (Wildman–Crippen MR) is 85.7 cm³/mol. The molecule has 2 aliphatic rings. The van der Waals surface area contributed by atoms with E-state index in [2.05, 4.69) is 10.5 Å². The molecule has 21 heavy (non-hydrogen) atoms. The molecule has 1 amide bonds. The van der Waals surface area contributed by atoms with E-state index in [9.17, 15) is 4.79 Å². The Kier molecular flexibility index (Phi) is 4.59. The number of carbonyl (C=O) groups is 1. The van der Waals surface area contributed by atoms with Gasteiger partial charge in [0.05, 0.1) is 0 Å². The van der Waals surface area contributed by atoms with E-state index in [0.717, 1.165) is 30.4 Å². The van der Waals surface area contributed by atoms with Crippen molar-refractivity contribution >= 4 is 23.2 Å². The topological polar surface area (TPSA) is 41.5 Å². The molecule has 4 heteroatoms. The van der Waals surface area contributed by atoms with Crippen molar-refractivity contribution in [2.75, 3.05) is 0 Å². The van der Waals surface area contributed by atoms with Crippen molar-refractivity contribution in [1.29, 1.82) is 0 Å². The van der Waals surface area contributed by atoms with Gasteiger partial charge < -0.3 is 0 Å². The second-order valence-electron chi connectivity index (χ2n) is 6.17. The number of benzene rings is 1. The van der Waals surface area contributed by atoms with Gasteiger partial charge in [-0.25, -0.2) is 5.43 Å². The normalized spacial score (nSPS) is 27.2. The van der Waals surface area contributed by atoms with Gasteiger partial charge in [0.15, 0.2) is 0 Å². The highest BCUT2D eigenvalue weighted by molar-refractivity contribution is 6.30. The number of hydrazone groups is 1. The lowest BCUT2D eigenvalue weighted by atomic mass is 9.70. The molecule has 2 atom stereocenters. The molecule has 2 fully saturated rings. The summed E-state index contributed by atoms with van der Waals surface area (Å²) in [5, 5.41) is 4.99. The number of amides is 1. The molecule has 1 aromatic carbocycles. The van der Waals surface area contributed by atoms with Gasteiger partial charge in [0, 0.05) is 16.3 Å². The smallest absolute Gasteiger partial charge is 0.267 e. The van der Waals surface area contributed by atoms with E-state index in [1.165, 1.54) is 32.1 Å². The number of fused-ring (bicyclic) bond motifs is 1. The summed E-state index contributed by atoms with van der Waals surface area (Å²) < 4.78 is 0. The minimum atomic E-state index is -0.162. The van der Waals surface area contributed by atoms with Crippen LogP contribution in [-0.4, -0.2) is 11.6 Å². The molecule has 2 aliphatic carbocycles. The molecule has 1 N–H and O–H groups in total. The number of hydrogen-bond donors (Lipinski definition) is 1. The maximum absolute atomic E-state index is 12.0. The van der Waals surface area contributed by atoms with E-state index < -0.39 is 0 Å². The molecule has 0 aliphatic heterocycles. The summed E-state index contributed by atoms with van der Waals surface area (Å²) in [6, 6.07) is 6.87. The van der Waals surface area contributed by atoms with Gasteiger partial charge in [-0.3, -0.25) is 4.79 Å². The van der Waals surface area contributed by atoms with E-state index in [-0.39, 0.29) is 5.91 Å². The van der Waals surface area contributed by atoms with Crippen LogP contribution in [0.2, 0.25) is 5.02 Å². The summed E-state index contributed by atoms with van der Waals surface area (Å²) >= 11 is 5.82. The lowest BCUT2D eigenvalue weighted by molar-refractivity contribution is 0.0954. The number of hydrogen-bond acceptors (Lipinski definition) is 2. The standard InChI is InChI=1S/C17H21ClN2O/c18-15-8-5-13(6-9-15)17(21)20-19-16-10-7-12-3-1-2-4-14(12)11-16/h5-6,8-9,12,14H,1-4,7,10-11H2,(H,20,21)/b19-16-/t12-,14-/m0/s1. The average Bonchev–Trinajstić information content (AvgIpc) is 2.53. The monoisotopic (exact) mass is 304 g/mol. The zero-order valence-corrected chi connectivity index (χ0v) is 12.9. The number of halogens is 1. The third-order valence-corrected chi connectivity index (χ3v) is 5.04. The zero-order chi connectivity index (χ0) is 14.7. The molecule has 0 saturated heterocycles. The number of nitrogens with zero attached hydrogens (tertiary/aromatic N) is 1. The quantitative estimate of drug-likeness (QED) is 0.808. The van der Waals surface area contributed by atoms with Crippen molar-refractivity contribution < 1.29 is 4.79 Å². The number of rotatable bonds is 2. The molecule has 0 spiro atoms. The van der Waals surface area contributed by atoms with Crippen LogP contribution in [0, 0.1) is 11.8 Å². The molecular formula is C17H21ClN2O. The van der Waals surface area contributed by atoms with E-state index in [1.807, 2.05) is 0 Å². The molecular weight excluding hydrogens is 284 g/mol. The van der Waals surface area contributed by atoms with Gasteiger partial charge in [-0.05, 0) is 61.8 Å². The first-order valence-electron chi connectivity index (χ1n) is 7.84. The Labute approximate surface area is 130 Å². The van der Waals surface area contributed by atoms with Crippen LogP contribution in [0.1, 0.15) is 55.3 Å². The van der Waals surface area contributed by atoms with Gasteiger partial charge in [0.1, 0.15) is 0 Å². The number of carbonyl (C=O) groups excluding carboxylic acids is 1. The Morgan fingerprint density at radius 3 is 2.57 bits per heavy atom. The lowest BCUT2D eigenvalue weighted by Crippen LogP contribution is -2.29. The van der Waals surface area contributed by atoms with Crippen LogP contribution in [0.3, 0.4) is 0 Å². The Morgan fingerprint density at radius 2 is 1.81 bits per heavy atom. The van der Waals surface area contributed by atoms with Crippen LogP contribution in [0.5, 0.6) is 0 Å². The van der Waals surface area contributed by atoms with Gasteiger partial charge in [-0.15, -0.1) is 0 Å². The summed E-state index contributed by atoms with van der Waals surface area (Å²) in [4.78, 5) is 12.0. The predicted octanol–water partition coefficient (Wildman–Crippen LogP) is 4.42. The third-order valence-electron chi connectivity index (χ3n) is 4.79. The van der Waals surface area contributed by atoms with Gasteiger partial charge in [0.25, 0.3) is 5.91 Å². The Hall–Kier alpha value is -1.35. The molecule has 112 valence electrons. The van der Waals surface area contributed by atoms with Crippen LogP contribution in [-0.2, 0) is 0 Å². The minimum absolute atomic E-state index is 0.162. The highest BCUT2D eigenvalue weighted by Crippen LogP contribution is 2.39. The summed E-state index contributed by atoms with van der Waals surface area (Å²) in [5.74, 6) is 1.52. The molecule has 0 unspecified atom stereocenters. The van der Waals surface area contributed by atoms with Crippen LogP contribution in [0.15, 0.2) is 29.4 Å². The van der Waals surface area contributed by atoms with Gasteiger partial charge in [-0.1, -0.05) is 30.9 Å². The van der Waals surface area contributed by atoms with Crippen molar-refractivity contribution in [1.82, 2.24) is 5.43 Å². The fraction of sp³-hybridized carbons (Fsp3) is 0.529. The first-order valence-corrected chi connectivity index (χ1v) is 8.21. The SMILES string of the molecule is O=C(N/N=C1/CC[C@@H]2CCCC[C@H]2C1)c1ccc(Cl)cc1. The van der Waals surface area contributed by atoms with Crippen molar-refractivity contribution in [2.24, 2.45) is 16.9 Å². The molecule has 0 radical (unpaired) electrons. The van der Waals surface area contributed by atoms with E-state index in [1.54, 1.807) is 24.3 Å². The molecule has 1 aromatic rings. The first-order chi connectivity index (χ1) is 10.2. The van der Waals surface area contributed by atoms with Crippen LogP contribution in [0.4, 0.5) is 0 Å². The van der Waals surface area contributed by atoms with Crippen LogP contribution < -0.4 is 5.43 Å². The van der Waals surface area contributed by atoms with Crippen molar-refractivity contribution in [2.45, 2.75) is 44.9 Å². The van der Waals surface area contributed by atoms with Gasteiger partial charge in [-0.2, -0.15) is 5.10 Å². The van der Waals surface area contributed by atoms with Crippen molar-refractivity contribution in [3.63, 3.8) is 0 Å². The second kappa shape index (κ2) is 6.61. The summed E-state index contributed by atoms with van der Waals surface area (Å²) in [5.41, 5.74) is 4.44. The highest BCUT2D eigenvalue weighted by Gasteiger charge is 2.30. The average molecular weight is 305 g/mol. The van der Waals surface area contributed by atoms with Crippen molar-refractivity contribution in [3.8, 4) is 0 Å². The van der Waals surface area contributed by atoms with Crippen molar-refractivity contribution in [3.05, 3.63) is 34.9 Å². The maximum atomic E-state index is 12.0. The largest absolute Gasteiger partial charge is 0.271 e. The molecule has 2 saturated carbocycles. The van der Waals surface area contributed by atoms with Gasteiger partial charge >= 0.3 is 0 Å². The van der Waals surface area contributed by atoms with E-state index in [4.69, 9.17) is 11.6 Å². The fourth-order valence-corrected chi connectivity index (χ4v) is 3.71. The lowest BCUT2D eigenvalue weighted by Gasteiger charge is -2.35. The fourth-order valence-electron chi connectivity index (χ4n) is 3.59. The van der Waals surface area contributed by atoms with Crippen LogP contribution in [0.25, 0.3) is 0 Å². The molecule has 3 nitrogen and oxygen atoms in total. The maximum Gasteiger partial charge on any atom is 0.271 e. The highest BCUT2D eigenvalue weighted by atomic mass is 35.5.